The van der Waals surface area contributed by atoms with Crippen molar-refractivity contribution in [2.75, 3.05) is 11.5 Å². The van der Waals surface area contributed by atoms with Gasteiger partial charge in [-0.15, -0.1) is 12.4 Å². The van der Waals surface area contributed by atoms with E-state index in [1.165, 1.54) is 19.3 Å². The predicted octanol–water partition coefficient (Wildman–Crippen LogP) is 2.57. The van der Waals surface area contributed by atoms with Crippen LogP contribution < -0.4 is 11.1 Å². The van der Waals surface area contributed by atoms with Crippen LogP contribution >= 0.6 is 24.2 Å². The number of carbonyl (C=O) groups excluding carboxylic acids is 1. The zero-order chi connectivity index (χ0) is 13.2. The molecule has 3 nitrogen and oxygen atoms in total. The lowest BCUT2D eigenvalue weighted by atomic mass is 9.67. The van der Waals surface area contributed by atoms with E-state index < -0.39 is 0 Å². The molecule has 2 unspecified atom stereocenters. The molecule has 1 aliphatic heterocycles. The van der Waals surface area contributed by atoms with Crippen LogP contribution in [0.15, 0.2) is 0 Å². The van der Waals surface area contributed by atoms with Crippen molar-refractivity contribution in [3.05, 3.63) is 0 Å². The minimum atomic E-state index is 0. The number of fused-ring (bicyclic) bond motifs is 2. The number of carbonyl (C=O) groups is 1. The Morgan fingerprint density at radius 1 is 1.05 bits per heavy atom. The zero-order valence-electron chi connectivity index (χ0n) is 12.1. The largest absolute Gasteiger partial charge is 0.353 e. The smallest absolute Gasteiger partial charge is 0.223 e. The Morgan fingerprint density at radius 2 is 1.65 bits per heavy atom. The van der Waals surface area contributed by atoms with Crippen LogP contribution in [-0.2, 0) is 4.79 Å². The summed E-state index contributed by atoms with van der Waals surface area (Å²) in [7, 11) is 0. The Bertz CT molecular complexity index is 322. The molecule has 1 heterocycles. The SMILES string of the molecule is Cl.NC1CC2CCCC(C1)C2NC(=O)C1CCSCC1. The van der Waals surface area contributed by atoms with Crippen LogP contribution in [0.3, 0.4) is 0 Å². The van der Waals surface area contributed by atoms with Gasteiger partial charge in [-0.3, -0.25) is 4.79 Å². The Kier molecular flexibility index (Phi) is 6.06. The molecule has 0 aromatic heterocycles. The van der Waals surface area contributed by atoms with Crippen LogP contribution in [0.4, 0.5) is 0 Å². The maximum absolute atomic E-state index is 12.4. The van der Waals surface area contributed by atoms with Gasteiger partial charge in [0.15, 0.2) is 0 Å². The maximum atomic E-state index is 12.4. The average molecular weight is 319 g/mol. The number of nitrogens with one attached hydrogen (secondary N) is 1. The van der Waals surface area contributed by atoms with Gasteiger partial charge in [-0.05, 0) is 61.9 Å². The number of halogens is 1. The van der Waals surface area contributed by atoms with Gasteiger partial charge in [0.25, 0.3) is 0 Å². The monoisotopic (exact) mass is 318 g/mol. The zero-order valence-corrected chi connectivity index (χ0v) is 13.7. The van der Waals surface area contributed by atoms with Crippen molar-refractivity contribution in [1.29, 1.82) is 0 Å². The molecule has 2 aliphatic carbocycles. The van der Waals surface area contributed by atoms with Crippen LogP contribution in [0.1, 0.15) is 44.9 Å². The highest BCUT2D eigenvalue weighted by molar-refractivity contribution is 7.99. The van der Waals surface area contributed by atoms with E-state index in [1.807, 2.05) is 11.8 Å². The number of thioether (sulfide) groups is 1. The molecular formula is C15H27ClN2OS. The third-order valence-electron chi connectivity index (χ3n) is 5.28. The molecule has 5 heteroatoms. The molecule has 3 fully saturated rings. The summed E-state index contributed by atoms with van der Waals surface area (Å²) in [4.78, 5) is 12.4. The first-order chi connectivity index (χ1) is 9.24. The Morgan fingerprint density at radius 3 is 2.25 bits per heavy atom. The van der Waals surface area contributed by atoms with Gasteiger partial charge in [-0.2, -0.15) is 11.8 Å². The molecule has 3 aliphatic rings. The third kappa shape index (κ3) is 3.63. The Labute approximate surface area is 132 Å². The topological polar surface area (TPSA) is 55.1 Å². The molecule has 3 N–H and O–H groups in total. The lowest BCUT2D eigenvalue weighted by Crippen LogP contribution is -2.54. The van der Waals surface area contributed by atoms with E-state index in [2.05, 4.69) is 5.32 Å². The number of amides is 1. The van der Waals surface area contributed by atoms with Crippen molar-refractivity contribution >= 4 is 30.1 Å². The minimum absolute atomic E-state index is 0. The van der Waals surface area contributed by atoms with Crippen LogP contribution in [0.25, 0.3) is 0 Å². The summed E-state index contributed by atoms with van der Waals surface area (Å²) < 4.78 is 0. The van der Waals surface area contributed by atoms with E-state index in [9.17, 15) is 4.79 Å². The average Bonchev–Trinajstić information content (AvgIpc) is 2.41. The second kappa shape index (κ2) is 7.37. The van der Waals surface area contributed by atoms with E-state index in [0.29, 0.717) is 29.8 Å². The molecule has 3 rings (SSSR count). The molecule has 2 bridgehead atoms. The summed E-state index contributed by atoms with van der Waals surface area (Å²) in [6.45, 7) is 0. The van der Waals surface area contributed by atoms with Crippen LogP contribution in [0, 0.1) is 17.8 Å². The van der Waals surface area contributed by atoms with E-state index >= 15 is 0 Å². The van der Waals surface area contributed by atoms with Gasteiger partial charge in [0.1, 0.15) is 0 Å². The summed E-state index contributed by atoms with van der Waals surface area (Å²) >= 11 is 1.98. The van der Waals surface area contributed by atoms with Crippen molar-refractivity contribution in [1.82, 2.24) is 5.32 Å². The fraction of sp³-hybridized carbons (Fsp3) is 0.933. The number of hydrogen-bond acceptors (Lipinski definition) is 3. The molecule has 2 saturated carbocycles. The first-order valence-corrected chi connectivity index (χ1v) is 9.03. The Hall–Kier alpha value is 0.0700. The van der Waals surface area contributed by atoms with E-state index in [-0.39, 0.29) is 18.3 Å². The lowest BCUT2D eigenvalue weighted by Gasteiger charge is -2.45. The molecule has 1 amide bonds. The second-order valence-corrected chi connectivity index (χ2v) is 7.83. The number of nitrogens with two attached hydrogens (primary N) is 1. The quantitative estimate of drug-likeness (QED) is 0.822. The van der Waals surface area contributed by atoms with Gasteiger partial charge in [0.2, 0.25) is 5.91 Å². The minimum Gasteiger partial charge on any atom is -0.353 e. The molecule has 0 spiro atoms. The number of hydrogen-bond donors (Lipinski definition) is 2. The van der Waals surface area contributed by atoms with E-state index in [4.69, 9.17) is 5.73 Å². The number of rotatable bonds is 2. The lowest BCUT2D eigenvalue weighted by molar-refractivity contribution is -0.127. The summed E-state index contributed by atoms with van der Waals surface area (Å²) in [6, 6.07) is 0.796. The van der Waals surface area contributed by atoms with Crippen molar-refractivity contribution in [2.45, 2.75) is 57.0 Å². The molecule has 116 valence electrons. The fourth-order valence-corrected chi connectivity index (χ4v) is 5.37. The standard InChI is InChI=1S/C15H26N2OS.ClH/c16-13-8-11-2-1-3-12(9-13)14(11)17-15(18)10-4-6-19-7-5-10;/h10-14H,1-9,16H2,(H,17,18);1H. The van der Waals surface area contributed by atoms with Gasteiger partial charge in [0.05, 0.1) is 0 Å². The van der Waals surface area contributed by atoms with Crippen molar-refractivity contribution in [2.24, 2.45) is 23.5 Å². The molecule has 0 radical (unpaired) electrons. The predicted molar refractivity (Wildman–Crippen MR) is 87.3 cm³/mol. The van der Waals surface area contributed by atoms with Crippen molar-refractivity contribution in [3.63, 3.8) is 0 Å². The van der Waals surface area contributed by atoms with Gasteiger partial charge in [-0.1, -0.05) is 6.42 Å². The summed E-state index contributed by atoms with van der Waals surface area (Å²) in [5.41, 5.74) is 6.15. The summed E-state index contributed by atoms with van der Waals surface area (Å²) in [5.74, 6) is 4.20. The summed E-state index contributed by atoms with van der Waals surface area (Å²) in [5, 5.41) is 3.41. The van der Waals surface area contributed by atoms with E-state index in [1.54, 1.807) is 0 Å². The fourth-order valence-electron chi connectivity index (χ4n) is 4.27. The van der Waals surface area contributed by atoms with E-state index in [0.717, 1.165) is 37.2 Å². The van der Waals surface area contributed by atoms with Gasteiger partial charge in [-0.25, -0.2) is 0 Å². The first kappa shape index (κ1) is 16.4. The summed E-state index contributed by atoms with van der Waals surface area (Å²) in [6.07, 6.45) is 8.21. The molecule has 0 aromatic rings. The second-order valence-electron chi connectivity index (χ2n) is 6.60. The molecule has 20 heavy (non-hydrogen) atoms. The highest BCUT2D eigenvalue weighted by Gasteiger charge is 2.40. The van der Waals surface area contributed by atoms with Crippen LogP contribution in [0.2, 0.25) is 0 Å². The van der Waals surface area contributed by atoms with Crippen LogP contribution in [-0.4, -0.2) is 29.5 Å². The van der Waals surface area contributed by atoms with Crippen molar-refractivity contribution in [3.8, 4) is 0 Å². The maximum Gasteiger partial charge on any atom is 0.223 e. The highest BCUT2D eigenvalue weighted by atomic mass is 35.5. The van der Waals surface area contributed by atoms with Crippen LogP contribution in [0.5, 0.6) is 0 Å². The van der Waals surface area contributed by atoms with Crippen molar-refractivity contribution < 1.29 is 4.79 Å². The van der Waals surface area contributed by atoms with Gasteiger partial charge in [0, 0.05) is 18.0 Å². The Balaban J connectivity index is 0.00000147. The van der Waals surface area contributed by atoms with Gasteiger partial charge >= 0.3 is 0 Å². The molecule has 0 aromatic carbocycles. The third-order valence-corrected chi connectivity index (χ3v) is 6.33. The molecular weight excluding hydrogens is 292 g/mol. The molecule has 1 saturated heterocycles. The first-order valence-electron chi connectivity index (χ1n) is 7.87. The molecule has 2 atom stereocenters. The normalized spacial score (nSPS) is 37.9. The highest BCUT2D eigenvalue weighted by Crippen LogP contribution is 2.40. The van der Waals surface area contributed by atoms with Gasteiger partial charge < -0.3 is 11.1 Å².